The number of rotatable bonds is 5. The number of aliphatic hydroxyl groups is 1. The highest BCUT2D eigenvalue weighted by Crippen LogP contribution is 2.26. The van der Waals surface area contributed by atoms with Crippen LogP contribution >= 0.6 is 0 Å². The third-order valence-corrected chi connectivity index (χ3v) is 3.25. The average molecular weight is 282 g/mol. The first kappa shape index (κ1) is 15.0. The van der Waals surface area contributed by atoms with Gasteiger partial charge >= 0.3 is 5.97 Å². The fourth-order valence-corrected chi connectivity index (χ4v) is 2.09. The normalized spacial score (nSPS) is 10.2. The summed E-state index contributed by atoms with van der Waals surface area (Å²) in [6.45, 7) is 5.53. The molecule has 2 aromatic rings. The molecule has 0 radical (unpaired) electrons. The zero-order valence-electron chi connectivity index (χ0n) is 12.0. The number of carbonyl (C=O) groups excluding carboxylic acids is 1. The molecule has 0 atom stereocenters. The van der Waals surface area contributed by atoms with Crippen LogP contribution in [0.2, 0.25) is 0 Å². The van der Waals surface area contributed by atoms with Crippen LogP contribution in [0.15, 0.2) is 55.1 Å². The SMILES string of the molecule is C=CC(=O)OCc1cc(CO)ccc1-c1ccc(C)cc1. The van der Waals surface area contributed by atoms with Crippen molar-refractivity contribution in [2.45, 2.75) is 20.1 Å². The van der Waals surface area contributed by atoms with Crippen molar-refractivity contribution >= 4 is 5.97 Å². The van der Waals surface area contributed by atoms with Gasteiger partial charge in [-0.05, 0) is 35.2 Å². The van der Waals surface area contributed by atoms with Crippen molar-refractivity contribution in [1.29, 1.82) is 0 Å². The highest BCUT2D eigenvalue weighted by molar-refractivity contribution is 5.81. The van der Waals surface area contributed by atoms with Gasteiger partial charge in [-0.25, -0.2) is 4.79 Å². The van der Waals surface area contributed by atoms with Crippen LogP contribution in [0.3, 0.4) is 0 Å². The number of hydrogen-bond donors (Lipinski definition) is 1. The molecule has 0 spiro atoms. The third kappa shape index (κ3) is 3.80. The summed E-state index contributed by atoms with van der Waals surface area (Å²) in [4.78, 5) is 11.2. The van der Waals surface area contributed by atoms with E-state index in [0.717, 1.165) is 28.3 Å². The Morgan fingerprint density at radius 1 is 1.24 bits per heavy atom. The molecule has 0 aliphatic rings. The van der Waals surface area contributed by atoms with E-state index in [-0.39, 0.29) is 13.2 Å². The lowest BCUT2D eigenvalue weighted by atomic mass is 9.97. The summed E-state index contributed by atoms with van der Waals surface area (Å²) in [6, 6.07) is 13.8. The Hall–Kier alpha value is -2.39. The van der Waals surface area contributed by atoms with E-state index in [4.69, 9.17) is 4.74 Å². The molecule has 2 aromatic carbocycles. The van der Waals surface area contributed by atoms with Crippen LogP contribution in [0.1, 0.15) is 16.7 Å². The molecule has 1 N–H and O–H groups in total. The third-order valence-electron chi connectivity index (χ3n) is 3.25. The molecule has 0 heterocycles. The maximum atomic E-state index is 11.2. The minimum atomic E-state index is -0.459. The molecule has 0 saturated carbocycles. The Labute approximate surface area is 124 Å². The first-order valence-corrected chi connectivity index (χ1v) is 6.73. The van der Waals surface area contributed by atoms with Gasteiger partial charge in [-0.3, -0.25) is 0 Å². The predicted molar refractivity (Wildman–Crippen MR) is 82.5 cm³/mol. The van der Waals surface area contributed by atoms with Crippen LogP contribution in [-0.4, -0.2) is 11.1 Å². The second-order valence-electron chi connectivity index (χ2n) is 4.83. The molecule has 108 valence electrons. The van der Waals surface area contributed by atoms with Gasteiger partial charge in [-0.2, -0.15) is 0 Å². The van der Waals surface area contributed by atoms with Crippen LogP contribution in [0.5, 0.6) is 0 Å². The smallest absolute Gasteiger partial charge is 0.330 e. The highest BCUT2D eigenvalue weighted by Gasteiger charge is 2.08. The number of hydrogen-bond acceptors (Lipinski definition) is 3. The molecule has 2 rings (SSSR count). The fourth-order valence-electron chi connectivity index (χ4n) is 2.09. The number of ether oxygens (including phenoxy) is 1. The Morgan fingerprint density at radius 3 is 2.57 bits per heavy atom. The zero-order chi connectivity index (χ0) is 15.2. The molecule has 0 bridgehead atoms. The quantitative estimate of drug-likeness (QED) is 0.675. The summed E-state index contributed by atoms with van der Waals surface area (Å²) >= 11 is 0. The average Bonchev–Trinajstić information content (AvgIpc) is 2.53. The maximum absolute atomic E-state index is 11.2. The molecule has 0 aliphatic heterocycles. The zero-order valence-corrected chi connectivity index (χ0v) is 12.0. The molecule has 0 saturated heterocycles. The van der Waals surface area contributed by atoms with Crippen LogP contribution in [0, 0.1) is 6.92 Å². The molecule has 3 heteroatoms. The summed E-state index contributed by atoms with van der Waals surface area (Å²) in [5.41, 5.74) is 4.88. The van der Waals surface area contributed by atoms with Gasteiger partial charge in [0.05, 0.1) is 6.61 Å². The van der Waals surface area contributed by atoms with Gasteiger partial charge in [-0.15, -0.1) is 0 Å². The molecule has 0 aliphatic carbocycles. The van der Waals surface area contributed by atoms with Gasteiger partial charge < -0.3 is 9.84 Å². The van der Waals surface area contributed by atoms with E-state index >= 15 is 0 Å². The lowest BCUT2D eigenvalue weighted by Crippen LogP contribution is -2.02. The van der Waals surface area contributed by atoms with E-state index in [1.165, 1.54) is 5.56 Å². The molecule has 3 nitrogen and oxygen atoms in total. The lowest BCUT2D eigenvalue weighted by Gasteiger charge is -2.12. The summed E-state index contributed by atoms with van der Waals surface area (Å²) in [5.74, 6) is -0.459. The monoisotopic (exact) mass is 282 g/mol. The van der Waals surface area contributed by atoms with Crippen LogP contribution < -0.4 is 0 Å². The Balaban J connectivity index is 2.36. The minimum Gasteiger partial charge on any atom is -0.458 e. The van der Waals surface area contributed by atoms with E-state index in [0.29, 0.717) is 0 Å². The fraction of sp³-hybridized carbons (Fsp3) is 0.167. The van der Waals surface area contributed by atoms with Crippen molar-refractivity contribution < 1.29 is 14.6 Å². The number of carbonyl (C=O) groups is 1. The van der Waals surface area contributed by atoms with Crippen molar-refractivity contribution in [2.75, 3.05) is 0 Å². The molecular formula is C18H18O3. The summed E-state index contributed by atoms with van der Waals surface area (Å²) in [7, 11) is 0. The summed E-state index contributed by atoms with van der Waals surface area (Å²) in [6.07, 6.45) is 1.14. The van der Waals surface area contributed by atoms with Gasteiger partial charge in [0.2, 0.25) is 0 Å². The van der Waals surface area contributed by atoms with E-state index in [9.17, 15) is 9.90 Å². The van der Waals surface area contributed by atoms with E-state index in [2.05, 4.69) is 6.58 Å². The van der Waals surface area contributed by atoms with E-state index in [1.54, 1.807) is 0 Å². The standard InChI is InChI=1S/C18H18O3/c1-3-18(20)21-12-16-10-14(11-19)6-9-17(16)15-7-4-13(2)5-8-15/h3-10,19H,1,11-12H2,2H3. The second kappa shape index (κ2) is 6.86. The predicted octanol–water partition coefficient (Wildman–Crippen LogP) is 3.38. The van der Waals surface area contributed by atoms with Gasteiger partial charge in [0.1, 0.15) is 6.61 Å². The number of benzene rings is 2. The van der Waals surface area contributed by atoms with E-state index in [1.807, 2.05) is 49.4 Å². The van der Waals surface area contributed by atoms with Gasteiger partial charge in [0, 0.05) is 6.08 Å². The summed E-state index contributed by atoms with van der Waals surface area (Å²) in [5, 5.41) is 9.26. The molecule has 0 amide bonds. The largest absolute Gasteiger partial charge is 0.458 e. The maximum Gasteiger partial charge on any atom is 0.330 e. The second-order valence-corrected chi connectivity index (χ2v) is 4.83. The molecular weight excluding hydrogens is 264 g/mol. The van der Waals surface area contributed by atoms with Gasteiger partial charge in [-0.1, -0.05) is 48.5 Å². The first-order valence-electron chi connectivity index (χ1n) is 6.73. The molecule has 0 aromatic heterocycles. The van der Waals surface area contributed by atoms with Crippen molar-refractivity contribution in [3.05, 3.63) is 71.8 Å². The van der Waals surface area contributed by atoms with Gasteiger partial charge in [0.15, 0.2) is 0 Å². The molecule has 0 fully saturated rings. The Bertz CT molecular complexity index is 642. The van der Waals surface area contributed by atoms with Crippen LogP contribution in [-0.2, 0) is 22.7 Å². The van der Waals surface area contributed by atoms with Crippen molar-refractivity contribution in [3.63, 3.8) is 0 Å². The lowest BCUT2D eigenvalue weighted by molar-refractivity contribution is -0.138. The Morgan fingerprint density at radius 2 is 1.95 bits per heavy atom. The number of aliphatic hydroxyl groups excluding tert-OH is 1. The Kier molecular flexibility index (Phi) is 4.90. The number of esters is 1. The van der Waals surface area contributed by atoms with Gasteiger partial charge in [0.25, 0.3) is 0 Å². The first-order chi connectivity index (χ1) is 10.1. The van der Waals surface area contributed by atoms with Crippen molar-refractivity contribution in [3.8, 4) is 11.1 Å². The van der Waals surface area contributed by atoms with Crippen LogP contribution in [0.4, 0.5) is 0 Å². The van der Waals surface area contributed by atoms with Crippen molar-refractivity contribution in [2.24, 2.45) is 0 Å². The van der Waals surface area contributed by atoms with E-state index < -0.39 is 5.97 Å². The molecule has 21 heavy (non-hydrogen) atoms. The number of aryl methyl sites for hydroxylation is 1. The summed E-state index contributed by atoms with van der Waals surface area (Å²) < 4.78 is 5.12. The van der Waals surface area contributed by atoms with Crippen molar-refractivity contribution in [1.82, 2.24) is 0 Å². The topological polar surface area (TPSA) is 46.5 Å². The minimum absolute atomic E-state index is 0.0451. The molecule has 0 unspecified atom stereocenters. The highest BCUT2D eigenvalue weighted by atomic mass is 16.5. The van der Waals surface area contributed by atoms with Crippen LogP contribution in [0.25, 0.3) is 11.1 Å².